The van der Waals surface area contributed by atoms with Crippen LogP contribution in [0.3, 0.4) is 0 Å². The number of aromatic nitrogens is 2. The maximum Gasteiger partial charge on any atom is 0.305 e. The Hall–Kier alpha value is -1.99. The maximum atomic E-state index is 12.6. The average Bonchev–Trinajstić information content (AvgIpc) is 2.58. The molecule has 1 aromatic carbocycles. The Morgan fingerprint density at radius 2 is 1.96 bits per heavy atom. The van der Waals surface area contributed by atoms with Gasteiger partial charge in [-0.05, 0) is 18.2 Å². The standard InChI is InChI=1S/C18H26N2O4Si/c1-23-17(21)10-9-15-18(22)14-7-5-6-8-16(14)20(19-15)13-24-11-12-25(2,3)4/h5-8H,9-13H2,1-4H3. The zero-order valence-electron chi connectivity index (χ0n) is 15.4. The van der Waals surface area contributed by atoms with E-state index in [1.807, 2.05) is 18.2 Å². The number of fused-ring (bicyclic) bond motifs is 1. The lowest BCUT2D eigenvalue weighted by Crippen LogP contribution is -2.24. The molecule has 0 spiro atoms. The Kier molecular flexibility index (Phi) is 6.49. The number of methoxy groups -OCH3 is 1. The van der Waals surface area contributed by atoms with Crippen LogP contribution in [0.25, 0.3) is 10.9 Å². The number of hydrogen-bond donors (Lipinski definition) is 0. The zero-order valence-corrected chi connectivity index (χ0v) is 16.4. The van der Waals surface area contributed by atoms with E-state index in [2.05, 4.69) is 29.5 Å². The van der Waals surface area contributed by atoms with E-state index in [0.29, 0.717) is 17.7 Å². The van der Waals surface area contributed by atoms with Crippen LogP contribution in [-0.4, -0.2) is 37.5 Å². The summed E-state index contributed by atoms with van der Waals surface area (Å²) in [6.45, 7) is 7.86. The van der Waals surface area contributed by atoms with Crippen LogP contribution in [0.4, 0.5) is 0 Å². The molecule has 0 aliphatic carbocycles. The van der Waals surface area contributed by atoms with Gasteiger partial charge in [-0.2, -0.15) is 5.10 Å². The molecule has 0 aliphatic rings. The smallest absolute Gasteiger partial charge is 0.305 e. The molecule has 1 heterocycles. The topological polar surface area (TPSA) is 70.4 Å². The third kappa shape index (κ3) is 5.50. The molecule has 2 rings (SSSR count). The predicted octanol–water partition coefficient (Wildman–Crippen LogP) is 2.81. The van der Waals surface area contributed by atoms with Crippen molar-refractivity contribution in [2.24, 2.45) is 0 Å². The molecule has 0 amide bonds. The highest BCUT2D eigenvalue weighted by atomic mass is 28.3. The van der Waals surface area contributed by atoms with Gasteiger partial charge in [0, 0.05) is 26.5 Å². The molecule has 0 saturated carbocycles. The Morgan fingerprint density at radius 3 is 2.64 bits per heavy atom. The van der Waals surface area contributed by atoms with Crippen molar-refractivity contribution in [3.05, 3.63) is 40.2 Å². The van der Waals surface area contributed by atoms with Crippen molar-refractivity contribution in [2.75, 3.05) is 13.7 Å². The summed E-state index contributed by atoms with van der Waals surface area (Å²) in [7, 11) is 0.180. The Morgan fingerprint density at radius 1 is 1.24 bits per heavy atom. The van der Waals surface area contributed by atoms with Gasteiger partial charge in [-0.1, -0.05) is 31.8 Å². The summed E-state index contributed by atoms with van der Waals surface area (Å²) >= 11 is 0. The Labute approximate surface area is 148 Å². The molecular weight excluding hydrogens is 336 g/mol. The van der Waals surface area contributed by atoms with Gasteiger partial charge in [0.2, 0.25) is 5.43 Å². The summed E-state index contributed by atoms with van der Waals surface area (Å²) in [5, 5.41) is 5.01. The van der Waals surface area contributed by atoms with E-state index in [4.69, 9.17) is 4.74 Å². The monoisotopic (exact) mass is 362 g/mol. The third-order valence-electron chi connectivity index (χ3n) is 3.93. The number of carbonyl (C=O) groups is 1. The van der Waals surface area contributed by atoms with Gasteiger partial charge in [0.15, 0.2) is 0 Å². The van der Waals surface area contributed by atoms with Gasteiger partial charge >= 0.3 is 5.97 Å². The number of nitrogens with zero attached hydrogens (tertiary/aromatic N) is 2. The zero-order chi connectivity index (χ0) is 18.4. The number of ether oxygens (including phenoxy) is 2. The summed E-state index contributed by atoms with van der Waals surface area (Å²) in [5.41, 5.74) is 0.957. The molecule has 2 aromatic rings. The van der Waals surface area contributed by atoms with E-state index in [-0.39, 0.29) is 31.0 Å². The molecule has 0 unspecified atom stereocenters. The quantitative estimate of drug-likeness (QED) is 0.410. The fraction of sp³-hybridized carbons (Fsp3) is 0.500. The van der Waals surface area contributed by atoms with Crippen LogP contribution in [0.5, 0.6) is 0 Å². The SMILES string of the molecule is COC(=O)CCc1nn(COCC[Si](C)(C)C)c2ccccc2c1=O. The first-order chi connectivity index (χ1) is 11.8. The lowest BCUT2D eigenvalue weighted by atomic mass is 10.1. The lowest BCUT2D eigenvalue weighted by molar-refractivity contribution is -0.140. The molecule has 136 valence electrons. The van der Waals surface area contributed by atoms with Crippen LogP contribution >= 0.6 is 0 Å². The molecule has 25 heavy (non-hydrogen) atoms. The number of carbonyl (C=O) groups excluding carboxylic acids is 1. The number of benzene rings is 1. The van der Waals surface area contributed by atoms with E-state index < -0.39 is 8.07 Å². The largest absolute Gasteiger partial charge is 0.469 e. The first-order valence-corrected chi connectivity index (χ1v) is 12.2. The molecule has 0 atom stereocenters. The Bertz CT molecular complexity index is 796. The molecule has 1 aromatic heterocycles. The Balaban J connectivity index is 2.23. The van der Waals surface area contributed by atoms with E-state index in [9.17, 15) is 9.59 Å². The van der Waals surface area contributed by atoms with Gasteiger partial charge in [0.25, 0.3) is 0 Å². The van der Waals surface area contributed by atoms with Gasteiger partial charge in [-0.3, -0.25) is 9.59 Å². The average molecular weight is 363 g/mol. The van der Waals surface area contributed by atoms with Crippen LogP contribution in [0.1, 0.15) is 12.1 Å². The fourth-order valence-corrected chi connectivity index (χ4v) is 3.16. The van der Waals surface area contributed by atoms with Gasteiger partial charge in [0.1, 0.15) is 12.4 Å². The van der Waals surface area contributed by atoms with Crippen molar-refractivity contribution in [3.8, 4) is 0 Å². The summed E-state index contributed by atoms with van der Waals surface area (Å²) in [6, 6.07) is 8.40. The van der Waals surface area contributed by atoms with Crippen LogP contribution in [0.2, 0.25) is 25.7 Å². The summed E-state index contributed by atoms with van der Waals surface area (Å²) in [6.07, 6.45) is 0.388. The van der Waals surface area contributed by atoms with Crippen molar-refractivity contribution in [2.45, 2.75) is 45.3 Å². The lowest BCUT2D eigenvalue weighted by Gasteiger charge is -2.16. The number of aryl methyl sites for hydroxylation is 1. The summed E-state index contributed by atoms with van der Waals surface area (Å²) < 4.78 is 12.1. The molecule has 0 bridgehead atoms. The molecular formula is C18H26N2O4Si. The molecule has 6 nitrogen and oxygen atoms in total. The second-order valence-electron chi connectivity index (χ2n) is 7.22. The number of hydrogen-bond acceptors (Lipinski definition) is 5. The predicted molar refractivity (Wildman–Crippen MR) is 100 cm³/mol. The van der Waals surface area contributed by atoms with Crippen LogP contribution < -0.4 is 5.43 Å². The number of para-hydroxylation sites is 1. The highest BCUT2D eigenvalue weighted by Crippen LogP contribution is 2.12. The highest BCUT2D eigenvalue weighted by Gasteiger charge is 2.14. The molecule has 0 N–H and O–H groups in total. The van der Waals surface area contributed by atoms with Crippen molar-refractivity contribution < 1.29 is 14.3 Å². The molecule has 0 radical (unpaired) electrons. The minimum atomic E-state index is -1.15. The van der Waals surface area contributed by atoms with Crippen molar-refractivity contribution >= 4 is 24.9 Å². The maximum absolute atomic E-state index is 12.6. The molecule has 7 heteroatoms. The molecule has 0 aliphatic heterocycles. The highest BCUT2D eigenvalue weighted by molar-refractivity contribution is 6.76. The summed E-state index contributed by atoms with van der Waals surface area (Å²) in [5.74, 6) is -0.354. The first-order valence-electron chi connectivity index (χ1n) is 8.45. The molecule has 0 fully saturated rings. The minimum Gasteiger partial charge on any atom is -0.469 e. The van der Waals surface area contributed by atoms with Crippen molar-refractivity contribution in [3.63, 3.8) is 0 Å². The normalized spacial score (nSPS) is 11.7. The van der Waals surface area contributed by atoms with Crippen LogP contribution in [0.15, 0.2) is 29.1 Å². The number of esters is 1. The van der Waals surface area contributed by atoms with Crippen LogP contribution in [0, 0.1) is 0 Å². The van der Waals surface area contributed by atoms with Gasteiger partial charge in [-0.15, -0.1) is 0 Å². The van der Waals surface area contributed by atoms with Gasteiger partial charge in [0.05, 0.1) is 19.0 Å². The second-order valence-corrected chi connectivity index (χ2v) is 12.8. The number of rotatable bonds is 8. The third-order valence-corrected chi connectivity index (χ3v) is 5.64. The van der Waals surface area contributed by atoms with Gasteiger partial charge < -0.3 is 9.47 Å². The summed E-state index contributed by atoms with van der Waals surface area (Å²) in [4.78, 5) is 23.9. The van der Waals surface area contributed by atoms with Crippen molar-refractivity contribution in [1.82, 2.24) is 9.78 Å². The molecule has 0 saturated heterocycles. The van der Waals surface area contributed by atoms with Gasteiger partial charge in [-0.25, -0.2) is 4.68 Å². The van der Waals surface area contributed by atoms with Crippen LogP contribution in [-0.2, 0) is 27.4 Å². The minimum absolute atomic E-state index is 0.133. The van der Waals surface area contributed by atoms with E-state index in [1.54, 1.807) is 10.7 Å². The van der Waals surface area contributed by atoms with E-state index >= 15 is 0 Å². The first kappa shape index (κ1) is 19.3. The van der Waals surface area contributed by atoms with Crippen molar-refractivity contribution in [1.29, 1.82) is 0 Å². The second kappa shape index (κ2) is 8.40. The fourth-order valence-electron chi connectivity index (χ4n) is 2.41. The van der Waals surface area contributed by atoms with E-state index in [1.165, 1.54) is 7.11 Å². The van der Waals surface area contributed by atoms with E-state index in [0.717, 1.165) is 11.6 Å².